The summed E-state index contributed by atoms with van der Waals surface area (Å²) in [7, 11) is 0. The summed E-state index contributed by atoms with van der Waals surface area (Å²) in [4.78, 5) is 2.19. The molecule has 1 aromatic carbocycles. The smallest absolute Gasteiger partial charge is 0.0981 e. The molecule has 2 unspecified atom stereocenters. The van der Waals surface area contributed by atoms with E-state index in [9.17, 15) is 0 Å². The van der Waals surface area contributed by atoms with Gasteiger partial charge in [-0.15, -0.1) is 0 Å². The van der Waals surface area contributed by atoms with Gasteiger partial charge in [-0.3, -0.25) is 0 Å². The summed E-state index contributed by atoms with van der Waals surface area (Å²) < 4.78 is 5.50. The number of benzene rings is 1. The van der Waals surface area contributed by atoms with Gasteiger partial charge in [0.25, 0.3) is 0 Å². The molecule has 0 radical (unpaired) electrons. The molecular formula is C12H18N2O2. The molecule has 1 heterocycles. The maximum atomic E-state index is 9.13. The molecule has 0 aliphatic carbocycles. The molecule has 3 N–H and O–H groups in total. The number of rotatable bonds is 2. The monoisotopic (exact) mass is 222 g/mol. The lowest BCUT2D eigenvalue weighted by molar-refractivity contribution is -0.0102. The highest BCUT2D eigenvalue weighted by atomic mass is 16.5. The van der Waals surface area contributed by atoms with Gasteiger partial charge in [0.1, 0.15) is 0 Å². The van der Waals surface area contributed by atoms with E-state index < -0.39 is 0 Å². The predicted octanol–water partition coefficient (Wildman–Crippen LogP) is 0.855. The normalized spacial score (nSPS) is 25.8. The Balaban J connectivity index is 2.21. The van der Waals surface area contributed by atoms with Gasteiger partial charge in [-0.2, -0.15) is 0 Å². The lowest BCUT2D eigenvalue weighted by atomic mass is 10.1. The first-order chi connectivity index (χ1) is 7.72. The average Bonchev–Trinajstić information content (AvgIpc) is 2.31. The van der Waals surface area contributed by atoms with E-state index in [1.807, 2.05) is 24.3 Å². The van der Waals surface area contributed by atoms with Crippen LogP contribution in [0.2, 0.25) is 0 Å². The molecule has 16 heavy (non-hydrogen) atoms. The van der Waals surface area contributed by atoms with Gasteiger partial charge in [-0.25, -0.2) is 0 Å². The van der Waals surface area contributed by atoms with Crippen molar-refractivity contribution in [1.29, 1.82) is 0 Å². The van der Waals surface area contributed by atoms with Crippen LogP contribution >= 0.6 is 0 Å². The van der Waals surface area contributed by atoms with E-state index in [1.54, 1.807) is 0 Å². The van der Waals surface area contributed by atoms with Crippen molar-refractivity contribution in [2.45, 2.75) is 19.1 Å². The van der Waals surface area contributed by atoms with Crippen LogP contribution in [-0.2, 0) is 4.74 Å². The fourth-order valence-electron chi connectivity index (χ4n) is 2.01. The van der Waals surface area contributed by atoms with E-state index in [2.05, 4.69) is 11.8 Å². The second kappa shape index (κ2) is 4.72. The summed E-state index contributed by atoms with van der Waals surface area (Å²) in [5.74, 6) is 0. The van der Waals surface area contributed by atoms with Crippen LogP contribution in [0.4, 0.5) is 11.4 Å². The number of nitrogen functional groups attached to an aromatic ring is 1. The summed E-state index contributed by atoms with van der Waals surface area (Å²) in [6, 6.07) is 8.08. The summed E-state index contributed by atoms with van der Waals surface area (Å²) in [6.45, 7) is 3.46. The minimum absolute atomic E-state index is 0.0515. The largest absolute Gasteiger partial charge is 0.397 e. The highest BCUT2D eigenvalue weighted by molar-refractivity contribution is 5.67. The molecule has 1 fully saturated rings. The number of hydrogen-bond donors (Lipinski definition) is 2. The number of ether oxygens (including phenoxy) is 1. The number of aliphatic hydroxyl groups is 1. The van der Waals surface area contributed by atoms with Gasteiger partial charge in [-0.1, -0.05) is 12.1 Å². The molecule has 0 amide bonds. The molecule has 1 aromatic rings. The third-order valence-corrected chi connectivity index (χ3v) is 2.96. The lowest BCUT2D eigenvalue weighted by Crippen LogP contribution is -2.49. The average molecular weight is 222 g/mol. The van der Waals surface area contributed by atoms with E-state index in [0.29, 0.717) is 13.2 Å². The van der Waals surface area contributed by atoms with Crippen molar-refractivity contribution in [1.82, 2.24) is 0 Å². The van der Waals surface area contributed by atoms with Crippen molar-refractivity contribution in [3.63, 3.8) is 0 Å². The molecule has 88 valence electrons. The van der Waals surface area contributed by atoms with Crippen molar-refractivity contribution in [2.75, 3.05) is 30.4 Å². The number of morpholine rings is 1. The number of anilines is 2. The number of nitrogens with two attached hydrogens (primary N) is 1. The molecule has 0 saturated carbocycles. The van der Waals surface area contributed by atoms with E-state index in [-0.39, 0.29) is 18.8 Å². The topological polar surface area (TPSA) is 58.7 Å². The summed E-state index contributed by atoms with van der Waals surface area (Å²) in [5.41, 5.74) is 7.75. The highest BCUT2D eigenvalue weighted by Gasteiger charge is 2.26. The zero-order valence-corrected chi connectivity index (χ0v) is 9.47. The van der Waals surface area contributed by atoms with Gasteiger partial charge in [0.05, 0.1) is 30.7 Å². The van der Waals surface area contributed by atoms with Crippen LogP contribution in [-0.4, -0.2) is 37.0 Å². The van der Waals surface area contributed by atoms with E-state index in [1.165, 1.54) is 0 Å². The van der Waals surface area contributed by atoms with Gasteiger partial charge >= 0.3 is 0 Å². The first-order valence-corrected chi connectivity index (χ1v) is 5.56. The second-order valence-electron chi connectivity index (χ2n) is 4.20. The van der Waals surface area contributed by atoms with Gasteiger partial charge in [0.15, 0.2) is 0 Å². The second-order valence-corrected chi connectivity index (χ2v) is 4.20. The molecule has 0 bridgehead atoms. The number of hydrogen-bond acceptors (Lipinski definition) is 4. The Morgan fingerprint density at radius 1 is 1.50 bits per heavy atom. The Labute approximate surface area is 95.6 Å². The van der Waals surface area contributed by atoms with Gasteiger partial charge < -0.3 is 20.5 Å². The summed E-state index contributed by atoms with van der Waals surface area (Å²) in [6.07, 6.45) is -0.115. The van der Waals surface area contributed by atoms with Crippen LogP contribution in [0.3, 0.4) is 0 Å². The zero-order valence-electron chi connectivity index (χ0n) is 9.47. The Morgan fingerprint density at radius 2 is 2.25 bits per heavy atom. The molecule has 0 aromatic heterocycles. The SMILES string of the molecule is CC1COC(CO)CN1c1ccccc1N. The quantitative estimate of drug-likeness (QED) is 0.728. The molecule has 2 rings (SSSR count). The third kappa shape index (κ3) is 2.13. The third-order valence-electron chi connectivity index (χ3n) is 2.96. The number of aliphatic hydroxyl groups excluding tert-OH is 1. The van der Waals surface area contributed by atoms with Crippen LogP contribution in [0.1, 0.15) is 6.92 Å². The van der Waals surface area contributed by atoms with Crippen LogP contribution in [0.15, 0.2) is 24.3 Å². The Morgan fingerprint density at radius 3 is 2.94 bits per heavy atom. The van der Waals surface area contributed by atoms with E-state index in [4.69, 9.17) is 15.6 Å². The zero-order chi connectivity index (χ0) is 11.5. The van der Waals surface area contributed by atoms with Crippen LogP contribution < -0.4 is 10.6 Å². The molecule has 4 nitrogen and oxygen atoms in total. The molecule has 1 aliphatic heterocycles. The summed E-state index contributed by atoms with van der Waals surface area (Å²) in [5, 5.41) is 9.13. The molecule has 2 atom stereocenters. The Bertz CT molecular complexity index is 357. The van der Waals surface area contributed by atoms with Crippen molar-refractivity contribution in [3.05, 3.63) is 24.3 Å². The fourth-order valence-corrected chi connectivity index (χ4v) is 2.01. The molecule has 1 aliphatic rings. The van der Waals surface area contributed by atoms with Crippen molar-refractivity contribution in [2.24, 2.45) is 0 Å². The van der Waals surface area contributed by atoms with Gasteiger partial charge in [0.2, 0.25) is 0 Å². The number of nitrogens with zero attached hydrogens (tertiary/aromatic N) is 1. The van der Waals surface area contributed by atoms with Crippen LogP contribution in [0, 0.1) is 0 Å². The molecule has 1 saturated heterocycles. The van der Waals surface area contributed by atoms with Gasteiger partial charge in [0, 0.05) is 12.6 Å². The maximum absolute atomic E-state index is 9.13. The standard InChI is InChI=1S/C12H18N2O2/c1-9-8-16-10(7-15)6-14(9)12-5-3-2-4-11(12)13/h2-5,9-10,15H,6-8,13H2,1H3. The van der Waals surface area contributed by atoms with Crippen molar-refractivity contribution >= 4 is 11.4 Å². The van der Waals surface area contributed by atoms with Crippen LogP contribution in [0.25, 0.3) is 0 Å². The molecule has 0 spiro atoms. The summed E-state index contributed by atoms with van der Waals surface area (Å²) >= 11 is 0. The maximum Gasteiger partial charge on any atom is 0.0981 e. The van der Waals surface area contributed by atoms with E-state index >= 15 is 0 Å². The van der Waals surface area contributed by atoms with Crippen molar-refractivity contribution in [3.8, 4) is 0 Å². The minimum Gasteiger partial charge on any atom is -0.397 e. The first kappa shape index (κ1) is 11.2. The first-order valence-electron chi connectivity index (χ1n) is 5.56. The molecular weight excluding hydrogens is 204 g/mol. The highest BCUT2D eigenvalue weighted by Crippen LogP contribution is 2.27. The minimum atomic E-state index is -0.115. The predicted molar refractivity (Wildman–Crippen MR) is 64.5 cm³/mol. The van der Waals surface area contributed by atoms with Crippen LogP contribution in [0.5, 0.6) is 0 Å². The Hall–Kier alpha value is -1.26. The van der Waals surface area contributed by atoms with Gasteiger partial charge in [-0.05, 0) is 19.1 Å². The number of para-hydroxylation sites is 2. The van der Waals surface area contributed by atoms with Crippen molar-refractivity contribution < 1.29 is 9.84 Å². The lowest BCUT2D eigenvalue weighted by Gasteiger charge is -2.39. The van der Waals surface area contributed by atoms with E-state index in [0.717, 1.165) is 11.4 Å². The molecule has 4 heteroatoms. The fraction of sp³-hybridized carbons (Fsp3) is 0.500. The Kier molecular flexibility index (Phi) is 3.31.